The molecule has 0 amide bonds. The Balaban J connectivity index is 1.88. The molecule has 1 aromatic heterocycles. The van der Waals surface area contributed by atoms with E-state index in [1.54, 1.807) is 32.9 Å². The van der Waals surface area contributed by atoms with Gasteiger partial charge < -0.3 is 10.1 Å². The van der Waals surface area contributed by atoms with Crippen LogP contribution in [0.25, 0.3) is 0 Å². The summed E-state index contributed by atoms with van der Waals surface area (Å²) in [5.74, 6) is -0.292. The molecule has 1 atom stereocenters. The zero-order valence-corrected chi connectivity index (χ0v) is 22.1. The van der Waals surface area contributed by atoms with Crippen LogP contribution < -0.4 is 5.32 Å². The molecule has 0 radical (unpaired) electrons. The van der Waals surface area contributed by atoms with Crippen LogP contribution in [0.2, 0.25) is 10.2 Å². The summed E-state index contributed by atoms with van der Waals surface area (Å²) in [7, 11) is 0. The van der Waals surface area contributed by atoms with Crippen molar-refractivity contribution < 1.29 is 19.1 Å². The van der Waals surface area contributed by atoms with Crippen LogP contribution in [0.15, 0.2) is 42.5 Å². The highest BCUT2D eigenvalue weighted by atomic mass is 35.5. The van der Waals surface area contributed by atoms with Crippen LogP contribution in [0, 0.1) is 0 Å². The Hall–Kier alpha value is -2.28. The predicted octanol–water partition coefficient (Wildman–Crippen LogP) is 5.56. The van der Waals surface area contributed by atoms with Crippen LogP contribution >= 0.6 is 23.2 Å². The van der Waals surface area contributed by atoms with Crippen molar-refractivity contribution >= 4 is 40.7 Å². The minimum absolute atomic E-state index is 0.0573. The highest BCUT2D eigenvalue weighted by Gasteiger charge is 2.22. The number of halogens is 2. The molecule has 0 aliphatic heterocycles. The molecule has 1 N–H and O–H groups in total. The number of aromatic nitrogens is 1. The van der Waals surface area contributed by atoms with Gasteiger partial charge in [0, 0.05) is 37.9 Å². The fourth-order valence-electron chi connectivity index (χ4n) is 3.49. The lowest BCUT2D eigenvalue weighted by Crippen LogP contribution is -2.39. The van der Waals surface area contributed by atoms with Crippen molar-refractivity contribution in [3.63, 3.8) is 0 Å². The standard InChI is InChI=1S/C27H34Cl2N2O4/c1-27(2,3)35-25(34)16-14-23(24(33)15-11-20-10-13-22(28)26(29)31-20)30-18-17-21(32)12-9-19-7-5-4-6-8-19/h4-8,10,13,23,30H,9,11-12,14-18H2,1-3H3/t23-/m1/s1. The van der Waals surface area contributed by atoms with Gasteiger partial charge in [-0.2, -0.15) is 0 Å². The van der Waals surface area contributed by atoms with Crippen molar-refractivity contribution in [2.24, 2.45) is 0 Å². The van der Waals surface area contributed by atoms with E-state index in [1.165, 1.54) is 0 Å². The van der Waals surface area contributed by atoms with E-state index in [-0.39, 0.29) is 35.5 Å². The van der Waals surface area contributed by atoms with Gasteiger partial charge in [-0.15, -0.1) is 0 Å². The van der Waals surface area contributed by atoms with Gasteiger partial charge in [-0.05, 0) is 57.7 Å². The quantitative estimate of drug-likeness (QED) is 0.259. The summed E-state index contributed by atoms with van der Waals surface area (Å²) in [5, 5.41) is 3.73. The van der Waals surface area contributed by atoms with E-state index in [0.29, 0.717) is 49.4 Å². The van der Waals surface area contributed by atoms with Crippen molar-refractivity contribution in [2.45, 2.75) is 77.4 Å². The molecule has 0 saturated heterocycles. The van der Waals surface area contributed by atoms with Gasteiger partial charge in [0.1, 0.15) is 22.3 Å². The van der Waals surface area contributed by atoms with Gasteiger partial charge in [0.15, 0.2) is 0 Å². The fraction of sp³-hybridized carbons (Fsp3) is 0.481. The number of rotatable bonds is 14. The second kappa shape index (κ2) is 14.3. The predicted molar refractivity (Wildman–Crippen MR) is 139 cm³/mol. The molecule has 0 unspecified atom stereocenters. The van der Waals surface area contributed by atoms with Crippen LogP contribution in [0.4, 0.5) is 0 Å². The van der Waals surface area contributed by atoms with E-state index >= 15 is 0 Å². The molecule has 6 nitrogen and oxygen atoms in total. The van der Waals surface area contributed by atoms with E-state index in [9.17, 15) is 14.4 Å². The number of carbonyl (C=O) groups excluding carboxylic acids is 3. The maximum Gasteiger partial charge on any atom is 0.306 e. The Morgan fingerprint density at radius 1 is 0.943 bits per heavy atom. The highest BCUT2D eigenvalue weighted by Crippen LogP contribution is 2.20. The van der Waals surface area contributed by atoms with Crippen LogP contribution in [-0.4, -0.2) is 40.7 Å². The first-order chi connectivity index (χ1) is 16.5. The molecule has 35 heavy (non-hydrogen) atoms. The first kappa shape index (κ1) is 29.0. The van der Waals surface area contributed by atoms with Gasteiger partial charge in [0.05, 0.1) is 11.1 Å². The normalized spacial score (nSPS) is 12.3. The number of nitrogens with one attached hydrogen (secondary N) is 1. The fourth-order valence-corrected chi connectivity index (χ4v) is 3.77. The molecule has 190 valence electrons. The van der Waals surface area contributed by atoms with Gasteiger partial charge in [0.25, 0.3) is 0 Å². The number of ether oxygens (including phenoxy) is 1. The molecule has 0 bridgehead atoms. The number of Topliss-reactive ketones (excluding diaryl/α,β-unsaturated/α-hetero) is 2. The van der Waals surface area contributed by atoms with E-state index in [0.717, 1.165) is 5.56 Å². The van der Waals surface area contributed by atoms with Gasteiger partial charge >= 0.3 is 5.97 Å². The third kappa shape index (κ3) is 11.8. The first-order valence-corrected chi connectivity index (χ1v) is 12.6. The average molecular weight is 521 g/mol. The van der Waals surface area contributed by atoms with E-state index in [2.05, 4.69) is 10.3 Å². The summed E-state index contributed by atoms with van der Waals surface area (Å²) in [4.78, 5) is 41.7. The molecule has 0 saturated carbocycles. The smallest absolute Gasteiger partial charge is 0.306 e. The summed E-state index contributed by atoms with van der Waals surface area (Å²) < 4.78 is 5.37. The number of ketones is 2. The zero-order chi connectivity index (χ0) is 25.8. The molecule has 0 spiro atoms. The highest BCUT2D eigenvalue weighted by molar-refractivity contribution is 6.41. The second-order valence-electron chi connectivity index (χ2n) is 9.45. The topological polar surface area (TPSA) is 85.4 Å². The molecular formula is C27H34Cl2N2O4. The zero-order valence-electron chi connectivity index (χ0n) is 20.6. The Bertz CT molecular complexity index is 990. The summed E-state index contributed by atoms with van der Waals surface area (Å²) >= 11 is 11.9. The number of esters is 1. The van der Waals surface area contributed by atoms with Gasteiger partial charge in [-0.25, -0.2) is 4.98 Å². The number of hydrogen-bond donors (Lipinski definition) is 1. The Morgan fingerprint density at radius 3 is 2.31 bits per heavy atom. The summed E-state index contributed by atoms with van der Waals surface area (Å²) in [6.45, 7) is 5.77. The monoisotopic (exact) mass is 520 g/mol. The summed E-state index contributed by atoms with van der Waals surface area (Å²) in [5.41, 5.74) is 1.19. The van der Waals surface area contributed by atoms with Crippen molar-refractivity contribution in [3.8, 4) is 0 Å². The minimum atomic E-state index is -0.589. The molecule has 1 heterocycles. The lowest BCUT2D eigenvalue weighted by molar-refractivity contribution is -0.155. The summed E-state index contributed by atoms with van der Waals surface area (Å²) in [6, 6.07) is 12.7. The second-order valence-corrected chi connectivity index (χ2v) is 10.2. The first-order valence-electron chi connectivity index (χ1n) is 11.9. The van der Waals surface area contributed by atoms with Crippen molar-refractivity contribution in [2.75, 3.05) is 6.54 Å². The molecule has 8 heteroatoms. The number of aryl methyl sites for hydroxylation is 2. The molecule has 2 aromatic rings. The number of carbonyl (C=O) groups is 3. The lowest BCUT2D eigenvalue weighted by Gasteiger charge is -2.21. The minimum Gasteiger partial charge on any atom is -0.460 e. The molecule has 2 rings (SSSR count). The number of pyridine rings is 1. The molecule has 0 aliphatic carbocycles. The average Bonchev–Trinajstić information content (AvgIpc) is 2.80. The maximum absolute atomic E-state index is 13.0. The Labute approximate surface area is 217 Å². The van der Waals surface area contributed by atoms with Gasteiger partial charge in [-0.1, -0.05) is 53.5 Å². The third-order valence-corrected chi connectivity index (χ3v) is 5.95. The van der Waals surface area contributed by atoms with Crippen LogP contribution in [0.5, 0.6) is 0 Å². The number of hydrogen-bond acceptors (Lipinski definition) is 6. The van der Waals surface area contributed by atoms with Gasteiger partial charge in [-0.3, -0.25) is 14.4 Å². The van der Waals surface area contributed by atoms with E-state index in [1.807, 2.05) is 30.3 Å². The van der Waals surface area contributed by atoms with Crippen LogP contribution in [0.1, 0.15) is 64.1 Å². The SMILES string of the molecule is CC(C)(C)OC(=O)CC[C@@H](NCCC(=O)CCc1ccccc1)C(=O)CCc1ccc(Cl)c(Cl)n1. The number of benzene rings is 1. The lowest BCUT2D eigenvalue weighted by atomic mass is 10.0. The maximum atomic E-state index is 13.0. The van der Waals surface area contributed by atoms with Crippen molar-refractivity contribution in [3.05, 3.63) is 63.9 Å². The van der Waals surface area contributed by atoms with E-state index in [4.69, 9.17) is 27.9 Å². The van der Waals surface area contributed by atoms with E-state index < -0.39 is 11.6 Å². The Kier molecular flexibility index (Phi) is 11.8. The molecule has 0 aliphatic rings. The molecule has 1 aromatic carbocycles. The van der Waals surface area contributed by atoms with Crippen LogP contribution in [0.3, 0.4) is 0 Å². The molecular weight excluding hydrogens is 487 g/mol. The third-order valence-electron chi connectivity index (χ3n) is 5.26. The summed E-state index contributed by atoms with van der Waals surface area (Å²) in [6.07, 6.45) is 2.48. The van der Waals surface area contributed by atoms with Gasteiger partial charge in [0.2, 0.25) is 0 Å². The Morgan fingerprint density at radius 2 is 1.66 bits per heavy atom. The van der Waals surface area contributed by atoms with Crippen molar-refractivity contribution in [1.29, 1.82) is 0 Å². The number of nitrogens with zero attached hydrogens (tertiary/aromatic N) is 1. The van der Waals surface area contributed by atoms with Crippen molar-refractivity contribution in [1.82, 2.24) is 10.3 Å². The largest absolute Gasteiger partial charge is 0.460 e. The molecule has 0 fully saturated rings. The van der Waals surface area contributed by atoms with Crippen LogP contribution in [-0.2, 0) is 32.0 Å².